The van der Waals surface area contributed by atoms with Gasteiger partial charge >= 0.3 is 5.97 Å². The number of ether oxygens (including phenoxy) is 1. The van der Waals surface area contributed by atoms with E-state index >= 15 is 0 Å². The lowest BCUT2D eigenvalue weighted by Gasteiger charge is -2.31. The van der Waals surface area contributed by atoms with Gasteiger partial charge in [0, 0.05) is 31.2 Å². The molecule has 152 valence electrons. The fourth-order valence-corrected chi connectivity index (χ4v) is 4.22. The van der Waals surface area contributed by atoms with Crippen LogP contribution in [0.2, 0.25) is 0 Å². The Bertz CT molecular complexity index is 927. The molecular weight excluding hydrogens is 368 g/mol. The topological polar surface area (TPSA) is 70.1 Å². The molecule has 0 spiro atoms. The SMILES string of the molecule is CC1CCCN1CCN1CCc2cc(Oc3ccccc3C(=O)O)ccc2C1=O. The molecule has 2 aromatic carbocycles. The predicted octanol–water partition coefficient (Wildman–Crippen LogP) is 3.66. The molecule has 0 radical (unpaired) electrons. The van der Waals surface area contributed by atoms with E-state index in [9.17, 15) is 14.7 Å². The Morgan fingerprint density at radius 1 is 1.17 bits per heavy atom. The summed E-state index contributed by atoms with van der Waals surface area (Å²) in [7, 11) is 0. The van der Waals surface area contributed by atoms with Crippen LogP contribution in [0.5, 0.6) is 11.5 Å². The van der Waals surface area contributed by atoms with Crippen molar-refractivity contribution in [2.45, 2.75) is 32.2 Å². The summed E-state index contributed by atoms with van der Waals surface area (Å²) in [4.78, 5) is 28.7. The summed E-state index contributed by atoms with van der Waals surface area (Å²) in [6.45, 7) is 5.76. The van der Waals surface area contributed by atoms with Crippen molar-refractivity contribution in [3.8, 4) is 11.5 Å². The summed E-state index contributed by atoms with van der Waals surface area (Å²) >= 11 is 0. The summed E-state index contributed by atoms with van der Waals surface area (Å²) < 4.78 is 5.81. The van der Waals surface area contributed by atoms with Crippen LogP contribution in [0, 0.1) is 0 Å². The summed E-state index contributed by atoms with van der Waals surface area (Å²) in [5, 5.41) is 9.31. The third-order valence-electron chi connectivity index (χ3n) is 5.94. The Balaban J connectivity index is 1.45. The summed E-state index contributed by atoms with van der Waals surface area (Å²) in [6.07, 6.45) is 3.25. The Morgan fingerprint density at radius 2 is 2.00 bits per heavy atom. The van der Waals surface area contributed by atoms with Crippen molar-refractivity contribution in [1.82, 2.24) is 9.80 Å². The number of carbonyl (C=O) groups excluding carboxylic acids is 1. The molecule has 29 heavy (non-hydrogen) atoms. The number of nitrogens with zero attached hydrogens (tertiary/aromatic N) is 2. The van der Waals surface area contributed by atoms with Crippen LogP contribution < -0.4 is 4.74 Å². The highest BCUT2D eigenvalue weighted by Gasteiger charge is 2.27. The molecule has 0 aliphatic carbocycles. The van der Waals surface area contributed by atoms with Gasteiger partial charge < -0.3 is 14.7 Å². The van der Waals surface area contributed by atoms with E-state index in [1.165, 1.54) is 18.9 Å². The van der Waals surface area contributed by atoms with Crippen LogP contribution in [0.3, 0.4) is 0 Å². The molecule has 0 saturated carbocycles. The first-order valence-electron chi connectivity index (χ1n) is 10.2. The lowest BCUT2D eigenvalue weighted by atomic mass is 9.98. The van der Waals surface area contributed by atoms with Crippen molar-refractivity contribution >= 4 is 11.9 Å². The van der Waals surface area contributed by atoms with Gasteiger partial charge in [0.2, 0.25) is 0 Å². The van der Waals surface area contributed by atoms with E-state index in [1.807, 2.05) is 11.0 Å². The highest BCUT2D eigenvalue weighted by atomic mass is 16.5. The molecule has 2 aliphatic heterocycles. The lowest BCUT2D eigenvalue weighted by Crippen LogP contribution is -2.43. The Morgan fingerprint density at radius 3 is 2.76 bits per heavy atom. The van der Waals surface area contributed by atoms with E-state index in [0.717, 1.165) is 31.6 Å². The third kappa shape index (κ3) is 4.12. The molecule has 6 nitrogen and oxygen atoms in total. The van der Waals surface area contributed by atoms with Crippen LogP contribution in [0.4, 0.5) is 0 Å². The number of carboxylic acid groups (broad SMARTS) is 1. The standard InChI is InChI=1S/C23H26N2O4/c1-16-5-4-11-24(16)13-14-25-12-10-17-15-18(8-9-19(17)22(25)26)29-21-7-3-2-6-20(21)23(27)28/h2-3,6-9,15-16H,4-5,10-14H2,1H3,(H,27,28). The zero-order chi connectivity index (χ0) is 20.4. The van der Waals surface area contributed by atoms with Crippen molar-refractivity contribution in [3.05, 3.63) is 59.2 Å². The van der Waals surface area contributed by atoms with Crippen LogP contribution in [0.15, 0.2) is 42.5 Å². The zero-order valence-electron chi connectivity index (χ0n) is 16.6. The molecule has 2 aromatic rings. The monoisotopic (exact) mass is 394 g/mol. The van der Waals surface area contributed by atoms with Crippen molar-refractivity contribution in [3.63, 3.8) is 0 Å². The van der Waals surface area contributed by atoms with Gasteiger partial charge in [-0.15, -0.1) is 0 Å². The number of para-hydroxylation sites is 1. The number of aromatic carboxylic acids is 1. The fraction of sp³-hybridized carbons (Fsp3) is 0.391. The van der Waals surface area contributed by atoms with Crippen molar-refractivity contribution in [2.24, 2.45) is 0 Å². The van der Waals surface area contributed by atoms with Gasteiger partial charge in [0.25, 0.3) is 5.91 Å². The highest BCUT2D eigenvalue weighted by molar-refractivity contribution is 5.97. The van der Waals surface area contributed by atoms with E-state index < -0.39 is 5.97 Å². The number of hydrogen-bond donors (Lipinski definition) is 1. The van der Waals surface area contributed by atoms with Gasteiger partial charge in [0.15, 0.2) is 0 Å². The van der Waals surface area contributed by atoms with Crippen LogP contribution >= 0.6 is 0 Å². The second kappa shape index (κ2) is 8.25. The molecule has 1 unspecified atom stereocenters. The van der Waals surface area contributed by atoms with Crippen LogP contribution in [0.25, 0.3) is 0 Å². The lowest BCUT2D eigenvalue weighted by molar-refractivity contribution is 0.0691. The van der Waals surface area contributed by atoms with E-state index in [-0.39, 0.29) is 11.5 Å². The van der Waals surface area contributed by atoms with Gasteiger partial charge in [-0.05, 0) is 68.6 Å². The van der Waals surface area contributed by atoms with Crippen LogP contribution in [-0.2, 0) is 6.42 Å². The number of amides is 1. The minimum Gasteiger partial charge on any atom is -0.478 e. The van der Waals surface area contributed by atoms with E-state index in [2.05, 4.69) is 11.8 Å². The number of likely N-dealkylation sites (tertiary alicyclic amines) is 1. The first-order chi connectivity index (χ1) is 14.0. The number of fused-ring (bicyclic) bond motifs is 1. The van der Waals surface area contributed by atoms with Crippen molar-refractivity contribution in [2.75, 3.05) is 26.2 Å². The average Bonchev–Trinajstić information content (AvgIpc) is 3.12. The average molecular weight is 394 g/mol. The summed E-state index contributed by atoms with van der Waals surface area (Å²) in [5.41, 5.74) is 1.78. The quantitative estimate of drug-likeness (QED) is 0.810. The van der Waals surface area contributed by atoms with E-state index in [1.54, 1.807) is 30.3 Å². The molecule has 1 amide bonds. The maximum Gasteiger partial charge on any atom is 0.339 e. The van der Waals surface area contributed by atoms with E-state index in [4.69, 9.17) is 4.74 Å². The molecule has 2 aliphatic rings. The number of hydrogen-bond acceptors (Lipinski definition) is 4. The van der Waals surface area contributed by atoms with Gasteiger partial charge in [0.1, 0.15) is 17.1 Å². The first-order valence-corrected chi connectivity index (χ1v) is 10.2. The largest absolute Gasteiger partial charge is 0.478 e. The molecular formula is C23H26N2O4. The zero-order valence-corrected chi connectivity index (χ0v) is 16.6. The van der Waals surface area contributed by atoms with Gasteiger partial charge in [-0.2, -0.15) is 0 Å². The van der Waals surface area contributed by atoms with Crippen LogP contribution in [-0.4, -0.2) is 59.0 Å². The Labute approximate surface area is 170 Å². The Hall–Kier alpha value is -2.86. The summed E-state index contributed by atoms with van der Waals surface area (Å²) in [5.74, 6) is -0.125. The number of rotatable bonds is 6. The highest BCUT2D eigenvalue weighted by Crippen LogP contribution is 2.29. The number of carboxylic acids is 1. The van der Waals surface area contributed by atoms with Gasteiger partial charge in [0.05, 0.1) is 0 Å². The fourth-order valence-electron chi connectivity index (χ4n) is 4.22. The van der Waals surface area contributed by atoms with Gasteiger partial charge in [-0.3, -0.25) is 9.69 Å². The normalized spacial score (nSPS) is 19.3. The molecule has 4 rings (SSSR count). The number of benzene rings is 2. The van der Waals surface area contributed by atoms with Crippen molar-refractivity contribution < 1.29 is 19.4 Å². The molecule has 6 heteroatoms. The molecule has 2 heterocycles. The Kier molecular flexibility index (Phi) is 5.53. The third-order valence-corrected chi connectivity index (χ3v) is 5.94. The smallest absolute Gasteiger partial charge is 0.339 e. The van der Waals surface area contributed by atoms with Gasteiger partial charge in [-0.25, -0.2) is 4.79 Å². The maximum atomic E-state index is 12.9. The molecule has 0 bridgehead atoms. The minimum absolute atomic E-state index is 0.0654. The molecule has 0 aromatic heterocycles. The van der Waals surface area contributed by atoms with Crippen LogP contribution in [0.1, 0.15) is 46.0 Å². The molecule has 1 N–H and O–H groups in total. The summed E-state index contributed by atoms with van der Waals surface area (Å²) in [6, 6.07) is 12.5. The van der Waals surface area contributed by atoms with Crippen molar-refractivity contribution in [1.29, 1.82) is 0 Å². The van der Waals surface area contributed by atoms with E-state index in [0.29, 0.717) is 29.6 Å². The second-order valence-electron chi connectivity index (χ2n) is 7.79. The molecule has 1 atom stereocenters. The number of carbonyl (C=O) groups is 2. The second-order valence-corrected chi connectivity index (χ2v) is 7.79. The minimum atomic E-state index is -1.03. The molecule has 1 saturated heterocycles. The maximum absolute atomic E-state index is 12.9. The molecule has 1 fully saturated rings. The first kappa shape index (κ1) is 19.5. The van der Waals surface area contributed by atoms with Gasteiger partial charge in [-0.1, -0.05) is 12.1 Å². The predicted molar refractivity (Wildman–Crippen MR) is 110 cm³/mol.